The third-order valence-electron chi connectivity index (χ3n) is 2.74. The summed E-state index contributed by atoms with van der Waals surface area (Å²) in [5.41, 5.74) is 0.535. The summed E-state index contributed by atoms with van der Waals surface area (Å²) < 4.78 is 4.81. The molecule has 8 heteroatoms. The van der Waals surface area contributed by atoms with Crippen LogP contribution in [-0.4, -0.2) is 40.2 Å². The zero-order chi connectivity index (χ0) is 15.9. The van der Waals surface area contributed by atoms with E-state index in [4.69, 9.17) is 4.74 Å². The average Bonchev–Trinajstić information content (AvgIpc) is 2.81. The number of benzene rings is 1. The highest BCUT2D eigenvalue weighted by atomic mass is 32.2. The lowest BCUT2D eigenvalue weighted by Gasteiger charge is -2.04. The van der Waals surface area contributed by atoms with Gasteiger partial charge in [-0.15, -0.1) is 5.10 Å². The molecule has 116 valence electrons. The third kappa shape index (κ3) is 4.59. The van der Waals surface area contributed by atoms with Crippen molar-refractivity contribution < 1.29 is 19.4 Å². The van der Waals surface area contributed by atoms with Crippen LogP contribution >= 0.6 is 11.8 Å². The summed E-state index contributed by atoms with van der Waals surface area (Å²) in [4.78, 5) is 22.4. The quantitative estimate of drug-likeness (QED) is 0.483. The van der Waals surface area contributed by atoms with E-state index in [0.29, 0.717) is 17.2 Å². The first-order chi connectivity index (χ1) is 10.6. The molecule has 1 fully saturated rings. The molecule has 1 unspecified atom stereocenters. The maximum absolute atomic E-state index is 11.7. The fourth-order valence-electron chi connectivity index (χ4n) is 1.69. The molecule has 1 aliphatic heterocycles. The molecule has 0 spiro atoms. The molecule has 1 heterocycles. The number of phenolic OH excluding ortho intramolecular Hbond substituents is 1. The van der Waals surface area contributed by atoms with Crippen molar-refractivity contribution in [1.82, 2.24) is 5.32 Å². The summed E-state index contributed by atoms with van der Waals surface area (Å²) in [6.07, 6.45) is 1.82. The van der Waals surface area contributed by atoms with Crippen molar-refractivity contribution in [2.75, 3.05) is 6.61 Å². The minimum atomic E-state index is -0.371. The number of para-hydroxylation sites is 1. The molecule has 0 bridgehead atoms. The van der Waals surface area contributed by atoms with E-state index < -0.39 is 0 Å². The van der Waals surface area contributed by atoms with Crippen LogP contribution in [0.1, 0.15) is 18.9 Å². The van der Waals surface area contributed by atoms with E-state index in [-0.39, 0.29) is 29.5 Å². The molecule has 1 aromatic carbocycles. The zero-order valence-corrected chi connectivity index (χ0v) is 12.7. The van der Waals surface area contributed by atoms with Gasteiger partial charge in [0.1, 0.15) is 5.75 Å². The van der Waals surface area contributed by atoms with Gasteiger partial charge in [0, 0.05) is 18.9 Å². The summed E-state index contributed by atoms with van der Waals surface area (Å²) >= 11 is 1.23. The first-order valence-electron chi connectivity index (χ1n) is 6.56. The summed E-state index contributed by atoms with van der Waals surface area (Å²) in [6.45, 7) is 1.51. The van der Waals surface area contributed by atoms with Crippen molar-refractivity contribution in [3.8, 4) is 5.75 Å². The number of amidine groups is 1. The van der Waals surface area contributed by atoms with Crippen LogP contribution in [0.15, 0.2) is 34.5 Å². The lowest BCUT2D eigenvalue weighted by molar-refractivity contribution is -0.141. The molecule has 0 saturated carbocycles. The molecule has 0 aliphatic carbocycles. The van der Waals surface area contributed by atoms with Crippen LogP contribution in [0.4, 0.5) is 0 Å². The topological polar surface area (TPSA) is 100 Å². The lowest BCUT2D eigenvalue weighted by atomic mass is 10.2. The van der Waals surface area contributed by atoms with Gasteiger partial charge in [0.05, 0.1) is 18.1 Å². The smallest absolute Gasteiger partial charge is 0.302 e. The van der Waals surface area contributed by atoms with Crippen molar-refractivity contribution in [1.29, 1.82) is 0 Å². The minimum absolute atomic E-state index is 0.105. The van der Waals surface area contributed by atoms with Crippen LogP contribution in [0, 0.1) is 0 Å². The number of thioether (sulfide) groups is 1. The Morgan fingerprint density at radius 2 is 2.27 bits per heavy atom. The number of nitrogens with zero attached hydrogens (tertiary/aromatic N) is 2. The first-order valence-corrected chi connectivity index (χ1v) is 7.44. The Morgan fingerprint density at radius 1 is 1.50 bits per heavy atom. The van der Waals surface area contributed by atoms with Crippen molar-refractivity contribution in [2.45, 2.75) is 18.6 Å². The fraction of sp³-hybridized carbons (Fsp3) is 0.286. The van der Waals surface area contributed by atoms with Crippen LogP contribution in [0.2, 0.25) is 0 Å². The summed E-state index contributed by atoms with van der Waals surface area (Å²) in [5, 5.41) is 19.9. The second-order valence-electron chi connectivity index (χ2n) is 4.43. The summed E-state index contributed by atoms with van der Waals surface area (Å²) in [7, 11) is 0. The van der Waals surface area contributed by atoms with Gasteiger partial charge in [-0.05, 0) is 12.1 Å². The van der Waals surface area contributed by atoms with Gasteiger partial charge in [-0.1, -0.05) is 23.9 Å². The highest BCUT2D eigenvalue weighted by molar-refractivity contribution is 8.15. The van der Waals surface area contributed by atoms with Crippen LogP contribution in [0.5, 0.6) is 5.75 Å². The number of carbonyl (C=O) groups is 2. The molecule has 1 saturated heterocycles. The Hall–Kier alpha value is -2.35. The molecule has 1 aromatic rings. The van der Waals surface area contributed by atoms with Gasteiger partial charge in [0.25, 0.3) is 0 Å². The van der Waals surface area contributed by atoms with Crippen LogP contribution in [0.25, 0.3) is 0 Å². The molecule has 1 aliphatic rings. The second-order valence-corrected chi connectivity index (χ2v) is 5.62. The Morgan fingerprint density at radius 3 is 3.00 bits per heavy atom. The highest BCUT2D eigenvalue weighted by Gasteiger charge is 2.30. The SMILES string of the molecule is CC(=O)OCCC1S/C(=N/N=C/c2ccccc2O)NC1=O. The molecular weight excluding hydrogens is 306 g/mol. The maximum atomic E-state index is 11.7. The van der Waals surface area contributed by atoms with Gasteiger partial charge in [-0.25, -0.2) is 0 Å². The maximum Gasteiger partial charge on any atom is 0.302 e. The van der Waals surface area contributed by atoms with E-state index >= 15 is 0 Å². The molecule has 2 rings (SSSR count). The number of esters is 1. The number of hydrogen-bond acceptors (Lipinski definition) is 7. The van der Waals surface area contributed by atoms with Gasteiger partial charge in [-0.2, -0.15) is 5.10 Å². The third-order valence-corrected chi connectivity index (χ3v) is 3.89. The predicted molar refractivity (Wildman–Crippen MR) is 83.9 cm³/mol. The normalized spacial score (nSPS) is 19.6. The van der Waals surface area contributed by atoms with E-state index in [0.717, 1.165) is 0 Å². The van der Waals surface area contributed by atoms with Gasteiger partial charge >= 0.3 is 5.97 Å². The van der Waals surface area contributed by atoms with E-state index in [2.05, 4.69) is 15.5 Å². The van der Waals surface area contributed by atoms with Gasteiger partial charge < -0.3 is 15.2 Å². The number of rotatable bonds is 5. The fourth-order valence-corrected chi connectivity index (χ4v) is 2.60. The first kappa shape index (κ1) is 16.0. The monoisotopic (exact) mass is 321 g/mol. The Balaban J connectivity index is 1.90. The Kier molecular flexibility index (Phi) is 5.54. The van der Waals surface area contributed by atoms with E-state index in [9.17, 15) is 14.7 Å². The number of carbonyl (C=O) groups excluding carboxylic acids is 2. The number of hydrogen-bond donors (Lipinski definition) is 2. The molecule has 22 heavy (non-hydrogen) atoms. The molecular formula is C14H15N3O4S. The van der Waals surface area contributed by atoms with Crippen LogP contribution in [0.3, 0.4) is 0 Å². The largest absolute Gasteiger partial charge is 0.507 e. The molecule has 7 nitrogen and oxygen atoms in total. The van der Waals surface area contributed by atoms with E-state index in [1.165, 1.54) is 24.9 Å². The molecule has 1 atom stereocenters. The molecule has 2 N–H and O–H groups in total. The van der Waals surface area contributed by atoms with Crippen molar-refractivity contribution in [3.63, 3.8) is 0 Å². The van der Waals surface area contributed by atoms with Gasteiger partial charge in [0.2, 0.25) is 5.91 Å². The number of nitrogens with one attached hydrogen (secondary N) is 1. The molecule has 0 radical (unpaired) electrons. The predicted octanol–water partition coefficient (Wildman–Crippen LogP) is 1.27. The average molecular weight is 321 g/mol. The number of ether oxygens (including phenoxy) is 1. The second kappa shape index (κ2) is 7.60. The van der Waals surface area contributed by atoms with E-state index in [1.807, 2.05) is 0 Å². The van der Waals surface area contributed by atoms with E-state index in [1.54, 1.807) is 24.3 Å². The van der Waals surface area contributed by atoms with Crippen LogP contribution < -0.4 is 5.32 Å². The molecule has 0 aromatic heterocycles. The standard InChI is InChI=1S/C14H15N3O4S/c1-9(18)21-7-6-12-13(20)16-14(22-12)17-15-8-10-4-2-3-5-11(10)19/h2-5,8,12,19H,6-7H2,1H3,(H,16,17,20)/b15-8+. The summed E-state index contributed by atoms with van der Waals surface area (Å²) in [5.74, 6) is -0.452. The van der Waals surface area contributed by atoms with Crippen molar-refractivity contribution >= 4 is 35.0 Å². The van der Waals surface area contributed by atoms with Crippen molar-refractivity contribution in [3.05, 3.63) is 29.8 Å². The van der Waals surface area contributed by atoms with Crippen molar-refractivity contribution in [2.24, 2.45) is 10.2 Å². The number of aromatic hydroxyl groups is 1. The zero-order valence-electron chi connectivity index (χ0n) is 11.9. The Bertz CT molecular complexity index is 630. The molecule has 1 amide bonds. The van der Waals surface area contributed by atoms with Gasteiger partial charge in [0.15, 0.2) is 5.17 Å². The van der Waals surface area contributed by atoms with Crippen LogP contribution in [-0.2, 0) is 14.3 Å². The Labute approximate surface area is 131 Å². The number of amides is 1. The number of phenols is 1. The minimum Gasteiger partial charge on any atom is -0.507 e. The summed E-state index contributed by atoms with van der Waals surface area (Å²) in [6, 6.07) is 6.72. The van der Waals surface area contributed by atoms with Gasteiger partial charge in [-0.3, -0.25) is 9.59 Å². The lowest BCUT2D eigenvalue weighted by Crippen LogP contribution is -2.25. The highest BCUT2D eigenvalue weighted by Crippen LogP contribution is 2.22.